The molecule has 0 fully saturated rings. The van der Waals surface area contributed by atoms with E-state index in [1.165, 1.54) is 18.3 Å². The first-order chi connectivity index (χ1) is 13.1. The van der Waals surface area contributed by atoms with Crippen LogP contribution in [-0.4, -0.2) is 33.6 Å². The third-order valence-electron chi connectivity index (χ3n) is 4.34. The molecule has 1 aromatic heterocycles. The number of hydrogen-bond donors (Lipinski definition) is 1. The number of nitrogens with one attached hydrogen (secondary N) is 1. The van der Waals surface area contributed by atoms with Crippen molar-refractivity contribution < 1.29 is 14.4 Å². The molecular weight excluding hydrogens is 468 g/mol. The Bertz CT molecular complexity index is 977. The van der Waals surface area contributed by atoms with Crippen molar-refractivity contribution in [3.05, 3.63) is 47.3 Å². The van der Waals surface area contributed by atoms with E-state index in [1.54, 1.807) is 6.92 Å². The molecule has 0 radical (unpaired) electrons. The minimum Gasteiger partial charge on any atom is -0.346 e. The Morgan fingerprint density at radius 2 is 1.54 bits per heavy atom. The van der Waals surface area contributed by atoms with E-state index in [0.717, 1.165) is 9.91 Å². The van der Waals surface area contributed by atoms with Gasteiger partial charge in [0.05, 0.1) is 48.0 Å². The third kappa shape index (κ3) is 3.39. The van der Waals surface area contributed by atoms with E-state index in [0.29, 0.717) is 5.69 Å². The zero-order valence-electron chi connectivity index (χ0n) is 14.8. The van der Waals surface area contributed by atoms with Crippen LogP contribution < -0.4 is 5.32 Å². The molecule has 1 aliphatic heterocycles. The van der Waals surface area contributed by atoms with Gasteiger partial charge in [0.1, 0.15) is 6.04 Å². The number of fused-ring (bicyclic) bond motifs is 1. The fraction of sp³-hybridized carbons (Fsp3) is 0.294. The van der Waals surface area contributed by atoms with E-state index in [-0.39, 0.29) is 31.2 Å². The van der Waals surface area contributed by atoms with Crippen molar-refractivity contribution in [3.63, 3.8) is 0 Å². The van der Waals surface area contributed by atoms with Gasteiger partial charge >= 0.3 is 0 Å². The van der Waals surface area contributed by atoms with Crippen molar-refractivity contribution >= 4 is 75.5 Å². The largest absolute Gasteiger partial charge is 0.346 e. The lowest BCUT2D eigenvalue weighted by molar-refractivity contribution is -0.125. The molecule has 2 aromatic rings. The number of imide groups is 1. The average molecular weight is 481 g/mol. The number of thiazole rings is 1. The van der Waals surface area contributed by atoms with E-state index in [2.05, 4.69) is 10.3 Å². The smallest absolute Gasteiger partial charge is 0.263 e. The Balaban J connectivity index is 1.88. The van der Waals surface area contributed by atoms with Crippen LogP contribution in [0.3, 0.4) is 0 Å². The summed E-state index contributed by atoms with van der Waals surface area (Å²) in [7, 11) is 0. The molecule has 0 aliphatic carbocycles. The van der Waals surface area contributed by atoms with Gasteiger partial charge in [0.15, 0.2) is 0 Å². The molecule has 2 heterocycles. The van der Waals surface area contributed by atoms with E-state index < -0.39 is 29.8 Å². The van der Waals surface area contributed by atoms with Gasteiger partial charge in [0.25, 0.3) is 11.8 Å². The van der Waals surface area contributed by atoms with Crippen LogP contribution in [0, 0.1) is 6.92 Å². The molecule has 11 heteroatoms. The predicted octanol–water partition coefficient (Wildman–Crippen LogP) is 4.93. The lowest BCUT2D eigenvalue weighted by Crippen LogP contribution is -2.48. The second-order valence-corrected chi connectivity index (χ2v) is 8.76. The Morgan fingerprint density at radius 1 is 1.04 bits per heavy atom. The van der Waals surface area contributed by atoms with Crippen LogP contribution in [0.5, 0.6) is 0 Å². The molecule has 3 rings (SSSR count). The second-order valence-electron chi connectivity index (χ2n) is 6.18. The van der Waals surface area contributed by atoms with Crippen LogP contribution >= 0.6 is 57.7 Å². The number of rotatable bonds is 4. The zero-order valence-corrected chi connectivity index (χ0v) is 18.6. The number of amides is 3. The molecule has 2 atom stereocenters. The third-order valence-corrected chi connectivity index (χ3v) is 6.93. The summed E-state index contributed by atoms with van der Waals surface area (Å²) >= 11 is 25.7. The van der Waals surface area contributed by atoms with Gasteiger partial charge in [-0.3, -0.25) is 19.3 Å². The molecule has 6 nitrogen and oxygen atoms in total. The highest BCUT2D eigenvalue weighted by molar-refractivity contribution is 7.09. The first-order valence-corrected chi connectivity index (χ1v) is 10.4. The van der Waals surface area contributed by atoms with Crippen LogP contribution in [0.15, 0.2) is 5.38 Å². The maximum atomic E-state index is 12.8. The van der Waals surface area contributed by atoms with Gasteiger partial charge in [-0.25, -0.2) is 4.98 Å². The quantitative estimate of drug-likeness (QED) is 0.382. The van der Waals surface area contributed by atoms with E-state index >= 15 is 0 Å². The molecule has 0 saturated heterocycles. The number of aromatic nitrogens is 1. The van der Waals surface area contributed by atoms with Crippen molar-refractivity contribution in [3.8, 4) is 0 Å². The Hall–Kier alpha value is -1.38. The SMILES string of the molecule is Cc1nc(C(C)NC(=O)C(C)N2C(=O)c3c(Cl)c(Cl)c(Cl)c(Cl)c3C2=O)cs1. The summed E-state index contributed by atoms with van der Waals surface area (Å²) in [5.41, 5.74) is 0.373. The van der Waals surface area contributed by atoms with E-state index in [1.807, 2.05) is 12.3 Å². The topological polar surface area (TPSA) is 79.4 Å². The number of nitrogens with zero attached hydrogens (tertiary/aromatic N) is 2. The second kappa shape index (κ2) is 7.80. The number of hydrogen-bond acceptors (Lipinski definition) is 5. The number of benzene rings is 1. The van der Waals surface area contributed by atoms with Gasteiger partial charge < -0.3 is 5.32 Å². The normalized spacial score (nSPS) is 15.6. The lowest BCUT2D eigenvalue weighted by Gasteiger charge is -2.23. The Morgan fingerprint density at radius 3 is 1.96 bits per heavy atom. The van der Waals surface area contributed by atoms with Crippen LogP contribution in [-0.2, 0) is 4.79 Å². The molecule has 0 saturated carbocycles. The van der Waals surface area contributed by atoms with Gasteiger partial charge in [-0.05, 0) is 20.8 Å². The molecule has 2 unspecified atom stereocenters. The maximum absolute atomic E-state index is 12.8. The first-order valence-electron chi connectivity index (χ1n) is 8.02. The zero-order chi connectivity index (χ0) is 20.9. The highest BCUT2D eigenvalue weighted by Gasteiger charge is 2.45. The lowest BCUT2D eigenvalue weighted by atomic mass is 10.1. The van der Waals surface area contributed by atoms with Crippen molar-refractivity contribution in [1.29, 1.82) is 0 Å². The molecule has 1 aromatic carbocycles. The summed E-state index contributed by atoms with van der Waals surface area (Å²) in [6.45, 7) is 5.05. The number of carbonyl (C=O) groups excluding carboxylic acids is 3. The summed E-state index contributed by atoms with van der Waals surface area (Å²) in [6, 6.07) is -1.51. The van der Waals surface area contributed by atoms with Crippen LogP contribution in [0.4, 0.5) is 0 Å². The van der Waals surface area contributed by atoms with Crippen molar-refractivity contribution in [1.82, 2.24) is 15.2 Å². The molecular formula is C17H13Cl4N3O3S. The van der Waals surface area contributed by atoms with Crippen LogP contribution in [0.25, 0.3) is 0 Å². The molecule has 3 amide bonds. The fourth-order valence-electron chi connectivity index (χ4n) is 2.82. The minimum atomic E-state index is -1.11. The van der Waals surface area contributed by atoms with Crippen molar-refractivity contribution in [2.45, 2.75) is 32.9 Å². The van der Waals surface area contributed by atoms with Gasteiger partial charge in [0.2, 0.25) is 5.91 Å². The monoisotopic (exact) mass is 479 g/mol. The highest BCUT2D eigenvalue weighted by Crippen LogP contribution is 2.45. The van der Waals surface area contributed by atoms with Crippen LogP contribution in [0.1, 0.15) is 51.3 Å². The average Bonchev–Trinajstić information content (AvgIpc) is 3.18. The summed E-state index contributed by atoms with van der Waals surface area (Å²) in [4.78, 5) is 43.4. The van der Waals surface area contributed by atoms with E-state index in [4.69, 9.17) is 46.4 Å². The van der Waals surface area contributed by atoms with Gasteiger partial charge in [-0.1, -0.05) is 46.4 Å². The summed E-state index contributed by atoms with van der Waals surface area (Å²) in [5.74, 6) is -2.05. The van der Waals surface area contributed by atoms with Crippen LogP contribution in [0.2, 0.25) is 20.1 Å². The summed E-state index contributed by atoms with van der Waals surface area (Å²) in [5, 5.41) is 4.84. The molecule has 1 aliphatic rings. The van der Waals surface area contributed by atoms with Gasteiger partial charge in [-0.15, -0.1) is 11.3 Å². The summed E-state index contributed by atoms with van der Waals surface area (Å²) in [6.07, 6.45) is 0. The Kier molecular flexibility index (Phi) is 5.94. The number of halogens is 4. The predicted molar refractivity (Wildman–Crippen MR) is 110 cm³/mol. The Labute approximate surface area is 184 Å². The molecule has 0 bridgehead atoms. The van der Waals surface area contributed by atoms with Gasteiger partial charge in [-0.2, -0.15) is 0 Å². The number of carbonyl (C=O) groups is 3. The molecule has 0 spiro atoms. The molecule has 28 heavy (non-hydrogen) atoms. The van der Waals surface area contributed by atoms with E-state index in [9.17, 15) is 14.4 Å². The number of aryl methyl sites for hydroxylation is 1. The molecule has 148 valence electrons. The first kappa shape index (κ1) is 21.3. The maximum Gasteiger partial charge on any atom is 0.263 e. The van der Waals surface area contributed by atoms with Gasteiger partial charge in [0, 0.05) is 5.38 Å². The van der Waals surface area contributed by atoms with Crippen molar-refractivity contribution in [2.75, 3.05) is 0 Å². The fourth-order valence-corrected chi connectivity index (χ4v) is 4.54. The minimum absolute atomic E-state index is 0.125. The molecule has 1 N–H and O–H groups in total. The highest BCUT2D eigenvalue weighted by atomic mass is 35.5. The summed E-state index contributed by atoms with van der Waals surface area (Å²) < 4.78 is 0. The standard InChI is InChI=1S/C17H13Cl4N3O3S/c1-5(8-4-28-7(3)23-8)22-15(25)6(2)24-16(26)9-10(17(24)27)12(19)14(21)13(20)11(9)18/h4-6H,1-3H3,(H,22,25). The van der Waals surface area contributed by atoms with Crippen molar-refractivity contribution in [2.24, 2.45) is 0 Å².